The van der Waals surface area contributed by atoms with Gasteiger partial charge in [-0.3, -0.25) is 4.79 Å². The van der Waals surface area contributed by atoms with Crippen molar-refractivity contribution in [3.05, 3.63) is 23.9 Å². The first-order valence-corrected chi connectivity index (χ1v) is 7.42. The van der Waals surface area contributed by atoms with Gasteiger partial charge in [-0.15, -0.1) is 0 Å². The molecule has 3 nitrogen and oxygen atoms in total. The largest absolute Gasteiger partial charge is 0.357 e. The van der Waals surface area contributed by atoms with Crippen LogP contribution in [0.1, 0.15) is 56.3 Å². The van der Waals surface area contributed by atoms with Crippen LogP contribution in [0.4, 0.5) is 5.82 Å². The Labute approximate surface area is 116 Å². The highest BCUT2D eigenvalue weighted by Gasteiger charge is 2.17. The Morgan fingerprint density at radius 2 is 2.26 bits per heavy atom. The quantitative estimate of drug-likeness (QED) is 0.774. The summed E-state index contributed by atoms with van der Waals surface area (Å²) in [7, 11) is 0. The van der Waals surface area contributed by atoms with Crippen molar-refractivity contribution in [3.8, 4) is 0 Å². The highest BCUT2D eigenvalue weighted by Crippen LogP contribution is 2.24. The van der Waals surface area contributed by atoms with Crippen LogP contribution in [0, 0.1) is 5.92 Å². The Bertz CT molecular complexity index is 431. The van der Waals surface area contributed by atoms with Crippen molar-refractivity contribution in [2.45, 2.75) is 46.0 Å². The van der Waals surface area contributed by atoms with Crippen LogP contribution in [0.2, 0.25) is 0 Å². The number of carbonyl (C=O) groups is 1. The molecule has 0 bridgehead atoms. The fourth-order valence-electron chi connectivity index (χ4n) is 2.90. The maximum absolute atomic E-state index is 11.4. The number of aromatic nitrogens is 1. The molecule has 1 aromatic heterocycles. The van der Waals surface area contributed by atoms with E-state index in [0.29, 0.717) is 0 Å². The van der Waals surface area contributed by atoms with Crippen LogP contribution in [-0.2, 0) is 0 Å². The molecule has 0 amide bonds. The molecule has 1 aliphatic rings. The van der Waals surface area contributed by atoms with Gasteiger partial charge in [-0.05, 0) is 44.2 Å². The highest BCUT2D eigenvalue weighted by atomic mass is 16.1. The van der Waals surface area contributed by atoms with Gasteiger partial charge in [0, 0.05) is 24.8 Å². The Kier molecular flexibility index (Phi) is 4.94. The number of nitrogens with zero attached hydrogens (tertiary/aromatic N) is 2. The fourth-order valence-corrected chi connectivity index (χ4v) is 2.90. The van der Waals surface area contributed by atoms with Crippen molar-refractivity contribution in [2.75, 3.05) is 18.0 Å². The zero-order valence-electron chi connectivity index (χ0n) is 12.1. The van der Waals surface area contributed by atoms with Gasteiger partial charge in [0.15, 0.2) is 5.78 Å². The summed E-state index contributed by atoms with van der Waals surface area (Å²) in [4.78, 5) is 18.2. The van der Waals surface area contributed by atoms with Gasteiger partial charge >= 0.3 is 0 Å². The molecule has 1 saturated heterocycles. The summed E-state index contributed by atoms with van der Waals surface area (Å²) in [5.74, 6) is 1.94. The van der Waals surface area contributed by atoms with Crippen LogP contribution >= 0.6 is 0 Å². The van der Waals surface area contributed by atoms with Crippen molar-refractivity contribution in [1.29, 1.82) is 0 Å². The molecule has 0 aromatic carbocycles. The minimum atomic E-state index is 0.113. The normalized spacial score (nSPS) is 20.1. The Morgan fingerprint density at radius 3 is 3.00 bits per heavy atom. The molecular formula is C16H24N2O. The lowest BCUT2D eigenvalue weighted by molar-refractivity contribution is 0.101. The second-order valence-electron chi connectivity index (χ2n) is 5.53. The van der Waals surface area contributed by atoms with Crippen molar-refractivity contribution in [2.24, 2.45) is 5.92 Å². The lowest BCUT2D eigenvalue weighted by atomic mass is 9.96. The number of ketones is 1. The second kappa shape index (κ2) is 6.69. The van der Waals surface area contributed by atoms with Gasteiger partial charge < -0.3 is 4.90 Å². The van der Waals surface area contributed by atoms with Gasteiger partial charge in [0.25, 0.3) is 0 Å². The first-order valence-electron chi connectivity index (χ1n) is 7.42. The summed E-state index contributed by atoms with van der Waals surface area (Å²) in [6, 6.07) is 3.73. The average Bonchev–Trinajstić information content (AvgIpc) is 2.65. The number of rotatable bonds is 4. The molecule has 0 spiro atoms. The molecule has 2 rings (SSSR count). The zero-order chi connectivity index (χ0) is 13.7. The molecule has 1 aromatic rings. The third-order valence-electron chi connectivity index (χ3n) is 4.02. The van der Waals surface area contributed by atoms with Gasteiger partial charge in [-0.1, -0.05) is 19.8 Å². The summed E-state index contributed by atoms with van der Waals surface area (Å²) in [6.45, 7) is 6.01. The van der Waals surface area contributed by atoms with E-state index in [9.17, 15) is 4.79 Å². The molecule has 19 heavy (non-hydrogen) atoms. The fraction of sp³-hybridized carbons (Fsp3) is 0.625. The molecule has 0 aliphatic carbocycles. The summed E-state index contributed by atoms with van der Waals surface area (Å²) in [6.07, 6.45) is 8.19. The predicted octanol–water partition coefficient (Wildman–Crippen LogP) is 3.69. The number of pyridine rings is 1. The van der Waals surface area contributed by atoms with Gasteiger partial charge in [-0.2, -0.15) is 0 Å². The number of Topliss-reactive ketones (excluding diaryl/α,β-unsaturated/α-hetero) is 1. The summed E-state index contributed by atoms with van der Waals surface area (Å²) < 4.78 is 0. The topological polar surface area (TPSA) is 33.2 Å². The summed E-state index contributed by atoms with van der Waals surface area (Å²) >= 11 is 0. The molecule has 1 aliphatic heterocycles. The molecule has 1 unspecified atom stereocenters. The van der Waals surface area contributed by atoms with Crippen LogP contribution in [0.15, 0.2) is 18.3 Å². The van der Waals surface area contributed by atoms with Crippen molar-refractivity contribution >= 4 is 11.6 Å². The summed E-state index contributed by atoms with van der Waals surface area (Å²) in [5.41, 5.74) is 0.763. The third kappa shape index (κ3) is 3.79. The van der Waals surface area contributed by atoms with Crippen molar-refractivity contribution in [3.63, 3.8) is 0 Å². The Hall–Kier alpha value is -1.38. The van der Waals surface area contributed by atoms with Crippen LogP contribution < -0.4 is 4.90 Å². The molecule has 3 heteroatoms. The molecule has 0 radical (unpaired) electrons. The average molecular weight is 260 g/mol. The van der Waals surface area contributed by atoms with Crippen LogP contribution in [-0.4, -0.2) is 23.9 Å². The van der Waals surface area contributed by atoms with E-state index in [-0.39, 0.29) is 5.78 Å². The molecular weight excluding hydrogens is 236 g/mol. The third-order valence-corrected chi connectivity index (χ3v) is 4.02. The lowest BCUT2D eigenvalue weighted by Gasteiger charge is -2.22. The zero-order valence-corrected chi connectivity index (χ0v) is 12.1. The van der Waals surface area contributed by atoms with Gasteiger partial charge in [0.2, 0.25) is 0 Å². The second-order valence-corrected chi connectivity index (χ2v) is 5.53. The smallest absolute Gasteiger partial charge is 0.159 e. The number of hydrogen-bond acceptors (Lipinski definition) is 3. The van der Waals surface area contributed by atoms with E-state index < -0.39 is 0 Å². The molecule has 0 saturated carbocycles. The van der Waals surface area contributed by atoms with E-state index in [1.807, 2.05) is 6.07 Å². The van der Waals surface area contributed by atoms with Crippen molar-refractivity contribution in [1.82, 2.24) is 4.98 Å². The van der Waals surface area contributed by atoms with E-state index in [1.54, 1.807) is 19.2 Å². The monoisotopic (exact) mass is 260 g/mol. The van der Waals surface area contributed by atoms with E-state index in [0.717, 1.165) is 30.4 Å². The first-order chi connectivity index (χ1) is 9.20. The highest BCUT2D eigenvalue weighted by molar-refractivity contribution is 5.94. The number of carbonyl (C=O) groups excluding carboxylic acids is 1. The van der Waals surface area contributed by atoms with E-state index >= 15 is 0 Å². The molecule has 1 fully saturated rings. The molecule has 2 heterocycles. The molecule has 104 valence electrons. The van der Waals surface area contributed by atoms with Crippen LogP contribution in [0.3, 0.4) is 0 Å². The maximum atomic E-state index is 11.4. The Balaban J connectivity index is 2.05. The standard InChI is InChI=1S/C16H24N2O/c1-3-5-14-6-4-10-18(11-8-14)16-12-15(13(2)19)7-9-17-16/h7,9,12,14H,3-6,8,10-11H2,1-2H3. The first kappa shape index (κ1) is 14.0. The SMILES string of the molecule is CCCC1CCCN(c2cc(C(C)=O)ccn2)CC1. The number of anilines is 1. The van der Waals surface area contributed by atoms with E-state index in [1.165, 1.54) is 32.1 Å². The number of hydrogen-bond donors (Lipinski definition) is 0. The molecule has 0 N–H and O–H groups in total. The maximum Gasteiger partial charge on any atom is 0.159 e. The van der Waals surface area contributed by atoms with E-state index in [4.69, 9.17) is 0 Å². The van der Waals surface area contributed by atoms with E-state index in [2.05, 4.69) is 16.8 Å². The van der Waals surface area contributed by atoms with Gasteiger partial charge in [0.1, 0.15) is 5.82 Å². The van der Waals surface area contributed by atoms with Crippen LogP contribution in [0.25, 0.3) is 0 Å². The summed E-state index contributed by atoms with van der Waals surface area (Å²) in [5, 5.41) is 0. The van der Waals surface area contributed by atoms with Gasteiger partial charge in [-0.25, -0.2) is 4.98 Å². The lowest BCUT2D eigenvalue weighted by Crippen LogP contribution is -2.25. The van der Waals surface area contributed by atoms with Crippen molar-refractivity contribution < 1.29 is 4.79 Å². The molecule has 1 atom stereocenters. The van der Waals surface area contributed by atoms with Crippen LogP contribution in [0.5, 0.6) is 0 Å². The Morgan fingerprint density at radius 1 is 1.42 bits per heavy atom. The minimum Gasteiger partial charge on any atom is -0.357 e. The van der Waals surface area contributed by atoms with Gasteiger partial charge in [0.05, 0.1) is 0 Å². The predicted molar refractivity (Wildman–Crippen MR) is 78.7 cm³/mol. The minimum absolute atomic E-state index is 0.113.